The highest BCUT2D eigenvalue weighted by atomic mass is 35.5. The zero-order valence-corrected chi connectivity index (χ0v) is 10.2. The van der Waals surface area contributed by atoms with E-state index in [0.29, 0.717) is 17.3 Å². The van der Waals surface area contributed by atoms with Gasteiger partial charge in [0.2, 0.25) is 0 Å². The maximum absolute atomic E-state index is 13.0. The summed E-state index contributed by atoms with van der Waals surface area (Å²) in [5, 5.41) is 0.242. The second kappa shape index (κ2) is 4.21. The molecule has 0 unspecified atom stereocenters. The second-order valence-electron chi connectivity index (χ2n) is 4.42. The molecule has 0 amide bonds. The average molecular weight is 265 g/mol. The summed E-state index contributed by atoms with van der Waals surface area (Å²) in [6.45, 7) is 0. The lowest BCUT2D eigenvalue weighted by Crippen LogP contribution is -2.10. The van der Waals surface area contributed by atoms with Gasteiger partial charge in [0, 0.05) is 17.5 Å². The van der Waals surface area contributed by atoms with Crippen molar-refractivity contribution in [3.05, 3.63) is 51.2 Å². The molecule has 1 saturated carbocycles. The zero-order chi connectivity index (χ0) is 12.7. The van der Waals surface area contributed by atoms with Gasteiger partial charge >= 0.3 is 0 Å². The van der Waals surface area contributed by atoms with E-state index in [-0.39, 0.29) is 10.6 Å². The number of H-pyrrole nitrogens is 1. The van der Waals surface area contributed by atoms with Gasteiger partial charge in [0.25, 0.3) is 5.56 Å². The van der Waals surface area contributed by atoms with Gasteiger partial charge in [-0.25, -0.2) is 9.37 Å². The van der Waals surface area contributed by atoms with Crippen LogP contribution in [0.15, 0.2) is 29.1 Å². The van der Waals surface area contributed by atoms with Crippen molar-refractivity contribution < 1.29 is 4.39 Å². The lowest BCUT2D eigenvalue weighted by molar-refractivity contribution is 0.628. The van der Waals surface area contributed by atoms with Gasteiger partial charge in [0.15, 0.2) is 0 Å². The first-order chi connectivity index (χ1) is 8.63. The molecule has 2 aromatic rings. The Bertz CT molecular complexity index is 664. The molecule has 1 N–H and O–H groups in total. The van der Waals surface area contributed by atoms with Crippen LogP contribution in [0.2, 0.25) is 5.02 Å². The van der Waals surface area contributed by atoms with Crippen LogP contribution in [0.25, 0.3) is 11.4 Å². The average Bonchev–Trinajstić information content (AvgIpc) is 3.11. The number of aromatic nitrogens is 2. The zero-order valence-electron chi connectivity index (χ0n) is 9.41. The van der Waals surface area contributed by atoms with Gasteiger partial charge in [-0.2, -0.15) is 0 Å². The van der Waals surface area contributed by atoms with E-state index in [2.05, 4.69) is 9.97 Å². The standard InChI is InChI=1S/C13H10ClFN2O/c14-10-5-8(15)3-4-9(10)13-16-11(7-1-2-7)6-12(18)17-13/h3-7H,1-2H2,(H,16,17,18). The molecule has 0 bridgehead atoms. The fourth-order valence-electron chi connectivity index (χ4n) is 1.87. The molecule has 0 atom stereocenters. The fraction of sp³-hybridized carbons (Fsp3) is 0.231. The monoisotopic (exact) mass is 264 g/mol. The summed E-state index contributed by atoms with van der Waals surface area (Å²) < 4.78 is 13.0. The summed E-state index contributed by atoms with van der Waals surface area (Å²) in [6.07, 6.45) is 2.13. The third-order valence-electron chi connectivity index (χ3n) is 2.94. The minimum atomic E-state index is -0.413. The molecule has 1 heterocycles. The Labute approximate surface area is 108 Å². The van der Waals surface area contributed by atoms with Gasteiger partial charge < -0.3 is 4.98 Å². The lowest BCUT2D eigenvalue weighted by Gasteiger charge is -2.05. The number of nitrogens with zero attached hydrogens (tertiary/aromatic N) is 1. The highest BCUT2D eigenvalue weighted by molar-refractivity contribution is 6.33. The minimum absolute atomic E-state index is 0.206. The highest BCUT2D eigenvalue weighted by Crippen LogP contribution is 2.39. The molecule has 0 saturated heterocycles. The molecule has 1 aliphatic rings. The highest BCUT2D eigenvalue weighted by Gasteiger charge is 2.26. The van der Waals surface area contributed by atoms with Crippen LogP contribution in [0.4, 0.5) is 4.39 Å². The Hall–Kier alpha value is -1.68. The molecule has 3 nitrogen and oxygen atoms in total. The van der Waals surface area contributed by atoms with Crippen molar-refractivity contribution >= 4 is 11.6 Å². The van der Waals surface area contributed by atoms with Crippen LogP contribution in [0.1, 0.15) is 24.5 Å². The van der Waals surface area contributed by atoms with Gasteiger partial charge in [0.05, 0.1) is 10.7 Å². The molecule has 5 heteroatoms. The smallest absolute Gasteiger partial charge is 0.251 e. The van der Waals surface area contributed by atoms with Crippen LogP contribution >= 0.6 is 11.6 Å². The maximum atomic E-state index is 13.0. The molecule has 0 aliphatic heterocycles. The van der Waals surface area contributed by atoms with Gasteiger partial charge in [0.1, 0.15) is 11.6 Å². The topological polar surface area (TPSA) is 45.8 Å². The van der Waals surface area contributed by atoms with E-state index in [0.717, 1.165) is 18.5 Å². The summed E-state index contributed by atoms with van der Waals surface area (Å²) in [4.78, 5) is 18.6. The predicted octanol–water partition coefficient (Wildman–Crippen LogP) is 3.11. The minimum Gasteiger partial charge on any atom is -0.306 e. The number of hydrogen-bond acceptors (Lipinski definition) is 2. The summed E-state index contributed by atoms with van der Waals surface area (Å²) in [5.74, 6) is 0.365. The first kappa shape index (κ1) is 11.4. The van der Waals surface area contributed by atoms with Crippen molar-refractivity contribution in [3.8, 4) is 11.4 Å². The normalized spacial score (nSPS) is 14.8. The van der Waals surface area contributed by atoms with Crippen molar-refractivity contribution in [2.24, 2.45) is 0 Å². The van der Waals surface area contributed by atoms with E-state index < -0.39 is 5.82 Å². The summed E-state index contributed by atoms with van der Waals surface area (Å²) in [7, 11) is 0. The molecule has 1 aliphatic carbocycles. The van der Waals surface area contributed by atoms with E-state index in [1.54, 1.807) is 0 Å². The van der Waals surface area contributed by atoms with E-state index in [1.165, 1.54) is 24.3 Å². The number of benzene rings is 1. The molecular weight excluding hydrogens is 255 g/mol. The van der Waals surface area contributed by atoms with Crippen LogP contribution < -0.4 is 5.56 Å². The Morgan fingerprint density at radius 2 is 2.11 bits per heavy atom. The van der Waals surface area contributed by atoms with Gasteiger partial charge in [-0.05, 0) is 31.0 Å². The van der Waals surface area contributed by atoms with Crippen LogP contribution in [-0.2, 0) is 0 Å². The molecule has 0 spiro atoms. The molecule has 92 valence electrons. The number of aromatic amines is 1. The first-order valence-electron chi connectivity index (χ1n) is 5.70. The second-order valence-corrected chi connectivity index (χ2v) is 4.82. The fourth-order valence-corrected chi connectivity index (χ4v) is 2.13. The number of halogens is 2. The van der Waals surface area contributed by atoms with Crippen molar-refractivity contribution in [1.82, 2.24) is 9.97 Å². The Balaban J connectivity index is 2.13. The molecule has 0 radical (unpaired) electrons. The van der Waals surface area contributed by atoms with E-state index in [4.69, 9.17) is 11.6 Å². The Kier molecular flexibility index (Phi) is 2.67. The molecule has 1 fully saturated rings. The van der Waals surface area contributed by atoms with Crippen molar-refractivity contribution in [1.29, 1.82) is 0 Å². The van der Waals surface area contributed by atoms with Crippen LogP contribution in [0.3, 0.4) is 0 Å². The van der Waals surface area contributed by atoms with Crippen LogP contribution in [-0.4, -0.2) is 9.97 Å². The third kappa shape index (κ3) is 2.16. The van der Waals surface area contributed by atoms with E-state index >= 15 is 0 Å². The van der Waals surface area contributed by atoms with Gasteiger partial charge in [-0.1, -0.05) is 11.6 Å². The van der Waals surface area contributed by atoms with E-state index in [9.17, 15) is 9.18 Å². The Morgan fingerprint density at radius 3 is 2.78 bits per heavy atom. The summed E-state index contributed by atoms with van der Waals surface area (Å²) in [6, 6.07) is 5.54. The third-order valence-corrected chi connectivity index (χ3v) is 3.26. The van der Waals surface area contributed by atoms with E-state index in [1.807, 2.05) is 0 Å². The van der Waals surface area contributed by atoms with Crippen molar-refractivity contribution in [2.75, 3.05) is 0 Å². The quantitative estimate of drug-likeness (QED) is 0.906. The predicted molar refractivity (Wildman–Crippen MR) is 67.2 cm³/mol. The maximum Gasteiger partial charge on any atom is 0.251 e. The molecule has 1 aromatic carbocycles. The van der Waals surface area contributed by atoms with Crippen LogP contribution in [0, 0.1) is 5.82 Å². The molecular formula is C13H10ClFN2O. The molecule has 18 heavy (non-hydrogen) atoms. The number of rotatable bonds is 2. The number of hydrogen-bond donors (Lipinski definition) is 1. The first-order valence-corrected chi connectivity index (χ1v) is 6.08. The Morgan fingerprint density at radius 1 is 1.33 bits per heavy atom. The summed E-state index contributed by atoms with van der Waals surface area (Å²) in [5.41, 5.74) is 1.12. The molecule has 1 aromatic heterocycles. The number of nitrogens with one attached hydrogen (secondary N) is 1. The summed E-state index contributed by atoms with van der Waals surface area (Å²) >= 11 is 5.96. The SMILES string of the molecule is O=c1cc(C2CC2)nc(-c2ccc(F)cc2Cl)[nH]1. The van der Waals surface area contributed by atoms with Crippen molar-refractivity contribution in [2.45, 2.75) is 18.8 Å². The van der Waals surface area contributed by atoms with Gasteiger partial charge in [-0.3, -0.25) is 4.79 Å². The molecule has 3 rings (SSSR count). The van der Waals surface area contributed by atoms with Gasteiger partial charge in [-0.15, -0.1) is 0 Å². The largest absolute Gasteiger partial charge is 0.306 e. The lowest BCUT2D eigenvalue weighted by atomic mass is 10.2. The van der Waals surface area contributed by atoms with Crippen LogP contribution in [0.5, 0.6) is 0 Å². The van der Waals surface area contributed by atoms with Crippen molar-refractivity contribution in [3.63, 3.8) is 0 Å².